The zero-order chi connectivity index (χ0) is 33.6. The van der Waals surface area contributed by atoms with E-state index in [-0.39, 0.29) is 0 Å². The third-order valence-corrected chi connectivity index (χ3v) is 11.1. The van der Waals surface area contributed by atoms with Crippen LogP contribution in [0.4, 0.5) is 0 Å². The smallest absolute Gasteiger partial charge is 0.0550 e. The van der Waals surface area contributed by atoms with Crippen LogP contribution in [0.1, 0.15) is 50.2 Å². The van der Waals surface area contributed by atoms with Gasteiger partial charge in [-0.15, -0.1) is 0 Å². The van der Waals surface area contributed by atoms with Crippen molar-refractivity contribution in [2.75, 3.05) is 0 Å². The van der Waals surface area contributed by atoms with Gasteiger partial charge in [0.25, 0.3) is 0 Å². The first-order valence-corrected chi connectivity index (χ1v) is 18.1. The Hall–Kier alpha value is -5.66. The predicted octanol–water partition coefficient (Wildman–Crippen LogP) is 13.7. The van der Waals surface area contributed by atoms with Gasteiger partial charge in [-0.25, -0.2) is 0 Å². The van der Waals surface area contributed by atoms with E-state index < -0.39 is 0 Å². The maximum absolute atomic E-state index is 2.51. The maximum Gasteiger partial charge on any atom is 0.0550 e. The Morgan fingerprint density at radius 3 is 2.16 bits per heavy atom. The molecule has 0 amide bonds. The molecule has 2 atom stereocenters. The minimum absolute atomic E-state index is 0.353. The molecular weight excluding hydrogens is 603 g/mol. The van der Waals surface area contributed by atoms with E-state index in [9.17, 15) is 0 Å². The summed E-state index contributed by atoms with van der Waals surface area (Å²) in [6, 6.07) is 43.3. The monoisotopic (exact) mass is 643 g/mol. The predicted molar refractivity (Wildman–Crippen MR) is 216 cm³/mol. The molecule has 0 saturated heterocycles. The fourth-order valence-corrected chi connectivity index (χ4v) is 8.44. The van der Waals surface area contributed by atoms with Crippen LogP contribution in [0.15, 0.2) is 169 Å². The highest BCUT2D eigenvalue weighted by Gasteiger charge is 2.22. The number of fused-ring (bicyclic) bond motifs is 6. The SMILES string of the molecule is CC1=CC=CC=C(c2ccc(-c3ccc4c5c6ccccc6c(C6/C=C\C=C/CCC6)cc5n(-c5ccccc5)c4c3)c3ccccc23)C1C. The Balaban J connectivity index is 1.30. The van der Waals surface area contributed by atoms with Crippen molar-refractivity contribution in [3.05, 3.63) is 181 Å². The van der Waals surface area contributed by atoms with Crippen molar-refractivity contribution in [1.29, 1.82) is 0 Å². The summed E-state index contributed by atoms with van der Waals surface area (Å²) in [4.78, 5) is 0. The van der Waals surface area contributed by atoms with Gasteiger partial charge in [-0.1, -0.05) is 152 Å². The van der Waals surface area contributed by atoms with Gasteiger partial charge in [-0.3, -0.25) is 0 Å². The molecule has 1 heterocycles. The first kappa shape index (κ1) is 30.4. The van der Waals surface area contributed by atoms with Crippen molar-refractivity contribution in [3.63, 3.8) is 0 Å². The molecule has 242 valence electrons. The minimum Gasteiger partial charge on any atom is -0.309 e. The summed E-state index contributed by atoms with van der Waals surface area (Å²) in [7, 11) is 0. The van der Waals surface area contributed by atoms with E-state index in [1.165, 1.54) is 88.9 Å². The molecule has 0 aliphatic heterocycles. The van der Waals surface area contributed by atoms with Crippen molar-refractivity contribution >= 4 is 48.9 Å². The second-order valence-electron chi connectivity index (χ2n) is 14.0. The summed E-state index contributed by atoms with van der Waals surface area (Å²) in [5, 5.41) is 7.89. The maximum atomic E-state index is 2.51. The second-order valence-corrected chi connectivity index (χ2v) is 14.0. The van der Waals surface area contributed by atoms with Crippen molar-refractivity contribution in [2.45, 2.75) is 39.0 Å². The van der Waals surface area contributed by atoms with Gasteiger partial charge in [-0.2, -0.15) is 0 Å². The lowest BCUT2D eigenvalue weighted by atomic mass is 9.84. The molecule has 6 aromatic carbocycles. The van der Waals surface area contributed by atoms with Crippen LogP contribution in [0.5, 0.6) is 0 Å². The Kier molecular flexibility index (Phi) is 7.70. The van der Waals surface area contributed by atoms with Crippen LogP contribution < -0.4 is 0 Å². The second kappa shape index (κ2) is 12.7. The normalized spacial score (nSPS) is 19.2. The number of nitrogens with zero attached hydrogens (tertiary/aromatic N) is 1. The lowest BCUT2D eigenvalue weighted by molar-refractivity contribution is 0.685. The van der Waals surface area contributed by atoms with Crippen LogP contribution in [0, 0.1) is 5.92 Å². The quantitative estimate of drug-likeness (QED) is 0.180. The van der Waals surface area contributed by atoms with Crippen LogP contribution in [0.3, 0.4) is 0 Å². The van der Waals surface area contributed by atoms with E-state index in [0.29, 0.717) is 11.8 Å². The Morgan fingerprint density at radius 2 is 1.32 bits per heavy atom. The molecule has 0 bridgehead atoms. The molecule has 50 heavy (non-hydrogen) atoms. The summed E-state index contributed by atoms with van der Waals surface area (Å²) < 4.78 is 2.51. The fraction of sp³-hybridized carbons (Fsp3) is 0.143. The number of benzene rings is 6. The number of hydrogen-bond acceptors (Lipinski definition) is 0. The minimum atomic E-state index is 0.353. The van der Waals surface area contributed by atoms with Crippen LogP contribution in [-0.2, 0) is 0 Å². The topological polar surface area (TPSA) is 4.93 Å². The largest absolute Gasteiger partial charge is 0.309 e. The molecule has 1 heteroatoms. The third kappa shape index (κ3) is 5.08. The molecule has 0 radical (unpaired) electrons. The lowest BCUT2D eigenvalue weighted by Crippen LogP contribution is -2.01. The van der Waals surface area contributed by atoms with Gasteiger partial charge in [0.2, 0.25) is 0 Å². The highest BCUT2D eigenvalue weighted by molar-refractivity contribution is 6.22. The van der Waals surface area contributed by atoms with Crippen LogP contribution in [0.25, 0.3) is 65.7 Å². The standard InChI is InChI=1S/C49H41N/c1-33-17-11-12-22-38(34(33)2)43-30-29-39(40-23-13-14-24-41(40)43)36-27-28-45-47(31-36)50(37-20-9-6-10-21-37)48-32-46(35-18-7-4-3-5-8-19-35)42-25-15-16-26-44(42)49(45)48/h3-4,6-7,9-18,20-32,34-35H,5,8,19H2,1-2H3/b4-3-,18-7-. The van der Waals surface area contributed by atoms with E-state index in [1.54, 1.807) is 0 Å². The molecular formula is C49H41N. The first-order chi connectivity index (χ1) is 24.7. The van der Waals surface area contributed by atoms with E-state index in [4.69, 9.17) is 0 Å². The number of hydrogen-bond donors (Lipinski definition) is 0. The third-order valence-electron chi connectivity index (χ3n) is 11.1. The number of rotatable bonds is 4. The van der Waals surface area contributed by atoms with Gasteiger partial charge in [-0.05, 0) is 99.8 Å². The van der Waals surface area contributed by atoms with E-state index in [1.807, 2.05) is 0 Å². The van der Waals surface area contributed by atoms with Crippen molar-refractivity contribution in [3.8, 4) is 16.8 Å². The van der Waals surface area contributed by atoms with Crippen molar-refractivity contribution in [1.82, 2.24) is 4.57 Å². The van der Waals surface area contributed by atoms with Gasteiger partial charge < -0.3 is 4.57 Å². The Labute approximate surface area is 294 Å². The van der Waals surface area contributed by atoms with E-state index >= 15 is 0 Å². The Bertz CT molecular complexity index is 2580. The van der Waals surface area contributed by atoms with Gasteiger partial charge in [0.05, 0.1) is 11.0 Å². The van der Waals surface area contributed by atoms with Crippen LogP contribution in [-0.4, -0.2) is 4.57 Å². The van der Waals surface area contributed by atoms with Crippen LogP contribution in [0.2, 0.25) is 0 Å². The molecule has 1 nitrogen and oxygen atoms in total. The number of aromatic nitrogens is 1. The van der Waals surface area contributed by atoms with E-state index in [2.05, 4.69) is 182 Å². The number of para-hydroxylation sites is 1. The molecule has 9 rings (SSSR count). The molecule has 0 spiro atoms. The molecule has 0 N–H and O–H groups in total. The van der Waals surface area contributed by atoms with E-state index in [0.717, 1.165) is 12.8 Å². The zero-order valence-electron chi connectivity index (χ0n) is 28.8. The van der Waals surface area contributed by atoms with Crippen molar-refractivity contribution < 1.29 is 0 Å². The van der Waals surface area contributed by atoms with Gasteiger partial charge >= 0.3 is 0 Å². The van der Waals surface area contributed by atoms with Crippen LogP contribution >= 0.6 is 0 Å². The van der Waals surface area contributed by atoms with Crippen molar-refractivity contribution in [2.24, 2.45) is 5.92 Å². The molecule has 7 aromatic rings. The fourth-order valence-electron chi connectivity index (χ4n) is 8.44. The molecule has 2 unspecified atom stereocenters. The summed E-state index contributed by atoms with van der Waals surface area (Å²) in [5.74, 6) is 0.726. The lowest BCUT2D eigenvalue weighted by Gasteiger charge is -2.19. The molecule has 1 aromatic heterocycles. The number of allylic oxidation sites excluding steroid dienone is 10. The molecule has 0 fully saturated rings. The molecule has 2 aliphatic carbocycles. The highest BCUT2D eigenvalue weighted by Crippen LogP contribution is 2.44. The average molecular weight is 644 g/mol. The molecule has 0 saturated carbocycles. The molecule has 2 aliphatic rings. The summed E-state index contributed by atoms with van der Waals surface area (Å²) in [5.41, 5.74) is 11.7. The average Bonchev–Trinajstić information content (AvgIpc) is 3.38. The van der Waals surface area contributed by atoms with Gasteiger partial charge in [0, 0.05) is 28.3 Å². The van der Waals surface area contributed by atoms with Gasteiger partial charge in [0.15, 0.2) is 0 Å². The first-order valence-electron chi connectivity index (χ1n) is 18.1. The summed E-state index contributed by atoms with van der Waals surface area (Å²) in [6.45, 7) is 4.56. The Morgan fingerprint density at radius 1 is 0.600 bits per heavy atom. The zero-order valence-corrected chi connectivity index (χ0v) is 28.8. The highest BCUT2D eigenvalue weighted by atomic mass is 15.0. The summed E-state index contributed by atoms with van der Waals surface area (Å²) in [6.07, 6.45) is 21.5. The summed E-state index contributed by atoms with van der Waals surface area (Å²) >= 11 is 0. The van der Waals surface area contributed by atoms with Gasteiger partial charge in [0.1, 0.15) is 0 Å².